The van der Waals surface area contributed by atoms with Gasteiger partial charge in [0.2, 0.25) is 5.88 Å². The molecule has 2 aromatic rings. The highest BCUT2D eigenvalue weighted by Crippen LogP contribution is 2.20. The minimum absolute atomic E-state index is 0.161. The molecule has 0 unspecified atom stereocenters. The number of hydrogen-bond donors (Lipinski definition) is 1. The van der Waals surface area contributed by atoms with Crippen LogP contribution in [0.2, 0.25) is 0 Å². The van der Waals surface area contributed by atoms with Crippen LogP contribution in [0, 0.1) is 6.92 Å². The van der Waals surface area contributed by atoms with Crippen LogP contribution in [0.15, 0.2) is 41.0 Å². The van der Waals surface area contributed by atoms with E-state index < -0.39 is 0 Å². The number of methoxy groups -OCH3 is 1. The van der Waals surface area contributed by atoms with Crippen molar-refractivity contribution in [2.45, 2.75) is 6.92 Å². The Labute approximate surface area is 119 Å². The van der Waals surface area contributed by atoms with E-state index in [1.165, 1.54) is 0 Å². The van der Waals surface area contributed by atoms with Crippen LogP contribution in [0.1, 0.15) is 15.9 Å². The second-order valence-corrected chi connectivity index (χ2v) is 4.81. The maximum atomic E-state index is 12.2. The normalized spacial score (nSPS) is 10.1. The zero-order valence-corrected chi connectivity index (χ0v) is 12.2. The zero-order valence-electron chi connectivity index (χ0n) is 10.6. The number of anilines is 1. The summed E-state index contributed by atoms with van der Waals surface area (Å²) in [4.78, 5) is 16.2. The van der Waals surface area contributed by atoms with Crippen molar-refractivity contribution in [3.8, 4) is 5.88 Å². The van der Waals surface area contributed by atoms with Crippen LogP contribution in [0.25, 0.3) is 0 Å². The van der Waals surface area contributed by atoms with Crippen LogP contribution in [0.3, 0.4) is 0 Å². The average Bonchev–Trinajstić information content (AvgIpc) is 2.42. The quantitative estimate of drug-likeness (QED) is 0.942. The second-order valence-electron chi connectivity index (χ2n) is 3.96. The lowest BCUT2D eigenvalue weighted by Gasteiger charge is -2.09. The largest absolute Gasteiger partial charge is 0.481 e. The fraction of sp³-hybridized carbons (Fsp3) is 0.143. The van der Waals surface area contributed by atoms with E-state index in [-0.39, 0.29) is 5.91 Å². The summed E-state index contributed by atoms with van der Waals surface area (Å²) < 4.78 is 5.87. The third-order valence-corrected chi connectivity index (χ3v) is 3.57. The second kappa shape index (κ2) is 5.84. The number of benzene rings is 1. The number of halogens is 1. The molecule has 0 aliphatic carbocycles. The van der Waals surface area contributed by atoms with Gasteiger partial charge in [-0.1, -0.05) is 22.0 Å². The monoisotopic (exact) mass is 320 g/mol. The van der Waals surface area contributed by atoms with Gasteiger partial charge in [-0.05, 0) is 30.7 Å². The Kier molecular flexibility index (Phi) is 4.16. The van der Waals surface area contributed by atoms with E-state index in [2.05, 4.69) is 26.2 Å². The number of ether oxygens (including phenoxy) is 1. The van der Waals surface area contributed by atoms with Crippen molar-refractivity contribution in [3.05, 3.63) is 52.1 Å². The summed E-state index contributed by atoms with van der Waals surface area (Å²) in [6.45, 7) is 1.89. The number of aromatic nitrogens is 1. The Bertz CT molecular complexity index is 597. The van der Waals surface area contributed by atoms with E-state index in [0.29, 0.717) is 17.1 Å². The minimum atomic E-state index is -0.161. The fourth-order valence-electron chi connectivity index (χ4n) is 1.63. The highest BCUT2D eigenvalue weighted by Gasteiger charge is 2.11. The summed E-state index contributed by atoms with van der Waals surface area (Å²) >= 11 is 3.41. The van der Waals surface area contributed by atoms with Crippen LogP contribution in [-0.2, 0) is 0 Å². The van der Waals surface area contributed by atoms with Crippen LogP contribution in [-0.4, -0.2) is 18.0 Å². The molecule has 19 heavy (non-hydrogen) atoms. The van der Waals surface area contributed by atoms with Gasteiger partial charge in [0.15, 0.2) is 0 Å². The summed E-state index contributed by atoms with van der Waals surface area (Å²) in [5.74, 6) is 0.349. The van der Waals surface area contributed by atoms with Gasteiger partial charge in [0.25, 0.3) is 5.91 Å². The van der Waals surface area contributed by atoms with E-state index in [1.807, 2.05) is 19.1 Å². The van der Waals surface area contributed by atoms with E-state index in [1.54, 1.807) is 31.5 Å². The molecule has 0 radical (unpaired) electrons. The number of amides is 1. The van der Waals surface area contributed by atoms with Crippen molar-refractivity contribution in [3.63, 3.8) is 0 Å². The number of pyridine rings is 1. The minimum Gasteiger partial charge on any atom is -0.481 e. The van der Waals surface area contributed by atoms with E-state index in [9.17, 15) is 4.79 Å². The third kappa shape index (κ3) is 3.12. The fourth-order valence-corrected chi connectivity index (χ4v) is 1.99. The molecule has 0 saturated heterocycles. The molecule has 1 aromatic heterocycles. The maximum Gasteiger partial charge on any atom is 0.256 e. The molecule has 0 bridgehead atoms. The summed E-state index contributed by atoms with van der Waals surface area (Å²) in [5, 5.41) is 2.80. The van der Waals surface area contributed by atoms with Crippen molar-refractivity contribution in [1.29, 1.82) is 0 Å². The lowest BCUT2D eigenvalue weighted by atomic mass is 10.1. The molecule has 1 aromatic carbocycles. The lowest BCUT2D eigenvalue weighted by Crippen LogP contribution is -2.13. The SMILES string of the molecule is COc1ccc(NC(=O)c2cccc(Br)c2C)cn1. The molecular formula is C14H13BrN2O2. The highest BCUT2D eigenvalue weighted by atomic mass is 79.9. The molecule has 5 heteroatoms. The van der Waals surface area contributed by atoms with Crippen LogP contribution in [0.5, 0.6) is 5.88 Å². The van der Waals surface area contributed by atoms with Gasteiger partial charge < -0.3 is 10.1 Å². The summed E-state index contributed by atoms with van der Waals surface area (Å²) in [6.07, 6.45) is 1.56. The maximum absolute atomic E-state index is 12.2. The standard InChI is InChI=1S/C14H13BrN2O2/c1-9-11(4-3-5-12(9)15)14(18)17-10-6-7-13(19-2)16-8-10/h3-8H,1-2H3,(H,17,18). The highest BCUT2D eigenvalue weighted by molar-refractivity contribution is 9.10. The first-order chi connectivity index (χ1) is 9.11. The zero-order chi connectivity index (χ0) is 13.8. The first-order valence-corrected chi connectivity index (χ1v) is 6.47. The Balaban J connectivity index is 2.18. The molecule has 0 aliphatic rings. The first-order valence-electron chi connectivity index (χ1n) is 5.68. The third-order valence-electron chi connectivity index (χ3n) is 2.72. The van der Waals surface area contributed by atoms with Gasteiger partial charge >= 0.3 is 0 Å². The molecule has 0 fully saturated rings. The number of carbonyl (C=O) groups excluding carboxylic acids is 1. The van der Waals surface area contributed by atoms with Gasteiger partial charge in [-0.15, -0.1) is 0 Å². The molecule has 1 heterocycles. The Morgan fingerprint density at radius 3 is 2.74 bits per heavy atom. The molecule has 98 valence electrons. The predicted octanol–water partition coefficient (Wildman–Crippen LogP) is 3.41. The lowest BCUT2D eigenvalue weighted by molar-refractivity contribution is 0.102. The predicted molar refractivity (Wildman–Crippen MR) is 77.6 cm³/mol. The molecule has 1 N–H and O–H groups in total. The molecule has 0 spiro atoms. The number of carbonyl (C=O) groups is 1. The molecule has 4 nitrogen and oxygen atoms in total. The number of nitrogens with one attached hydrogen (secondary N) is 1. The Morgan fingerprint density at radius 2 is 2.11 bits per heavy atom. The molecule has 2 rings (SSSR count). The molecule has 0 saturated carbocycles. The van der Waals surface area contributed by atoms with Crippen LogP contribution in [0.4, 0.5) is 5.69 Å². The molecule has 0 atom stereocenters. The average molecular weight is 321 g/mol. The summed E-state index contributed by atoms with van der Waals surface area (Å²) in [7, 11) is 1.55. The summed E-state index contributed by atoms with van der Waals surface area (Å²) in [5.41, 5.74) is 2.16. The van der Waals surface area contributed by atoms with Crippen molar-refractivity contribution in [2.75, 3.05) is 12.4 Å². The van der Waals surface area contributed by atoms with Gasteiger partial charge in [0.05, 0.1) is 19.0 Å². The Morgan fingerprint density at radius 1 is 1.32 bits per heavy atom. The van der Waals surface area contributed by atoms with Crippen molar-refractivity contribution < 1.29 is 9.53 Å². The van der Waals surface area contributed by atoms with Gasteiger partial charge in [-0.3, -0.25) is 4.79 Å². The van der Waals surface area contributed by atoms with E-state index >= 15 is 0 Å². The van der Waals surface area contributed by atoms with Crippen LogP contribution < -0.4 is 10.1 Å². The van der Waals surface area contributed by atoms with Gasteiger partial charge in [0.1, 0.15) is 0 Å². The molecule has 0 aliphatic heterocycles. The number of rotatable bonds is 3. The van der Waals surface area contributed by atoms with Gasteiger partial charge in [-0.2, -0.15) is 0 Å². The summed E-state index contributed by atoms with van der Waals surface area (Å²) in [6, 6.07) is 8.96. The molecule has 1 amide bonds. The number of nitrogens with zero attached hydrogens (tertiary/aromatic N) is 1. The van der Waals surface area contributed by atoms with Crippen LogP contribution >= 0.6 is 15.9 Å². The van der Waals surface area contributed by atoms with E-state index in [0.717, 1.165) is 10.0 Å². The van der Waals surface area contributed by atoms with E-state index in [4.69, 9.17) is 4.74 Å². The van der Waals surface area contributed by atoms with Crippen molar-refractivity contribution >= 4 is 27.5 Å². The Hall–Kier alpha value is -1.88. The number of hydrogen-bond acceptors (Lipinski definition) is 3. The topological polar surface area (TPSA) is 51.2 Å². The van der Waals surface area contributed by atoms with Gasteiger partial charge in [-0.25, -0.2) is 4.98 Å². The smallest absolute Gasteiger partial charge is 0.256 e. The van der Waals surface area contributed by atoms with Crippen molar-refractivity contribution in [2.24, 2.45) is 0 Å². The first kappa shape index (κ1) is 13.5. The van der Waals surface area contributed by atoms with Gasteiger partial charge in [0, 0.05) is 16.1 Å². The van der Waals surface area contributed by atoms with Crippen molar-refractivity contribution in [1.82, 2.24) is 4.98 Å². The molecular weight excluding hydrogens is 308 g/mol.